The Morgan fingerprint density at radius 3 is 2.07 bits per heavy atom. The van der Waals surface area contributed by atoms with E-state index in [4.69, 9.17) is 24.1 Å². The van der Waals surface area contributed by atoms with Gasteiger partial charge in [-0.1, -0.05) is 72.6 Å². The second-order valence-corrected chi connectivity index (χ2v) is 14.1. The van der Waals surface area contributed by atoms with Crippen LogP contribution in [0.25, 0.3) is 0 Å². The second-order valence-electron chi connectivity index (χ2n) is 14.1. The van der Waals surface area contributed by atoms with Crippen LogP contribution in [0, 0.1) is 38.5 Å². The molecule has 1 aliphatic rings. The summed E-state index contributed by atoms with van der Waals surface area (Å²) < 4.78 is 23.1. The van der Waals surface area contributed by atoms with Crippen molar-refractivity contribution in [3.05, 3.63) is 22.3 Å². The van der Waals surface area contributed by atoms with Gasteiger partial charge in [0.2, 0.25) is 0 Å². The van der Waals surface area contributed by atoms with Crippen LogP contribution in [0.15, 0.2) is 0 Å². The fourth-order valence-electron chi connectivity index (χ4n) is 6.25. The van der Waals surface area contributed by atoms with E-state index in [1.807, 2.05) is 13.8 Å². The number of carbonyl (C=O) groups excluding carboxylic acids is 1. The molecule has 2 N–H and O–H groups in total. The minimum atomic E-state index is -0.890. The van der Waals surface area contributed by atoms with E-state index in [2.05, 4.69) is 46.9 Å². The lowest BCUT2D eigenvalue weighted by Gasteiger charge is -2.38. The molecule has 0 fully saturated rings. The van der Waals surface area contributed by atoms with Crippen LogP contribution >= 0.6 is 0 Å². The van der Waals surface area contributed by atoms with Gasteiger partial charge in [-0.15, -0.1) is 0 Å². The fourth-order valence-corrected chi connectivity index (χ4v) is 6.25. The van der Waals surface area contributed by atoms with Gasteiger partial charge in [-0.25, -0.2) is 4.79 Å². The number of hydrogen-bond donors (Lipinski definition) is 2. The number of carbonyl (C=O) groups is 2. The number of rotatable bonds is 22. The SMILES string of the molecule is Cc1c(C)c2c(c(C)c1OC(=O)NCCOCCOCCC(=O)O)CC[C@@](C)(CCC[C@H](C)CCC[C@H](C)CCCC(C)C)O2. The fraction of sp³-hybridized carbons (Fsp3) is 0.784. The van der Waals surface area contributed by atoms with Crippen molar-refractivity contribution in [2.24, 2.45) is 17.8 Å². The zero-order valence-electron chi connectivity index (χ0n) is 29.6. The molecule has 0 spiro atoms. The van der Waals surface area contributed by atoms with E-state index >= 15 is 0 Å². The molecule has 3 atom stereocenters. The third kappa shape index (κ3) is 14.3. The van der Waals surface area contributed by atoms with Gasteiger partial charge in [0.25, 0.3) is 0 Å². The number of amides is 1. The minimum absolute atomic E-state index is 0.0300. The van der Waals surface area contributed by atoms with Gasteiger partial charge in [0.05, 0.1) is 32.8 Å². The molecule has 0 unspecified atom stereocenters. The van der Waals surface area contributed by atoms with Crippen LogP contribution in [0.3, 0.4) is 0 Å². The van der Waals surface area contributed by atoms with Crippen LogP contribution < -0.4 is 14.8 Å². The normalized spacial score (nSPS) is 17.4. The summed E-state index contributed by atoms with van der Waals surface area (Å²) in [7, 11) is 0. The Bertz CT molecular complexity index is 1060. The highest BCUT2D eigenvalue weighted by Crippen LogP contribution is 2.45. The number of benzene rings is 1. The quantitative estimate of drug-likeness (QED) is 0.123. The number of fused-ring (bicyclic) bond motifs is 1. The zero-order chi connectivity index (χ0) is 33.4. The summed E-state index contributed by atoms with van der Waals surface area (Å²) in [6, 6.07) is 0. The average Bonchev–Trinajstić information content (AvgIpc) is 2.97. The van der Waals surface area contributed by atoms with E-state index < -0.39 is 12.1 Å². The largest absolute Gasteiger partial charge is 0.487 e. The van der Waals surface area contributed by atoms with Crippen molar-refractivity contribution in [2.45, 2.75) is 138 Å². The molecule has 0 aliphatic carbocycles. The summed E-state index contributed by atoms with van der Waals surface area (Å²) in [5, 5.41) is 11.3. The predicted octanol–water partition coefficient (Wildman–Crippen LogP) is 8.73. The molecule has 1 aromatic carbocycles. The molecule has 0 saturated heterocycles. The summed E-state index contributed by atoms with van der Waals surface area (Å²) in [5.74, 6) is 3.09. The van der Waals surface area contributed by atoms with Crippen molar-refractivity contribution in [1.29, 1.82) is 0 Å². The molecule has 8 nitrogen and oxygen atoms in total. The summed E-state index contributed by atoms with van der Waals surface area (Å²) in [4.78, 5) is 23.0. The lowest BCUT2D eigenvalue weighted by Crippen LogP contribution is -2.37. The Hall–Kier alpha value is -2.32. The molecular formula is C37H63NO7. The van der Waals surface area contributed by atoms with Crippen molar-refractivity contribution in [1.82, 2.24) is 5.32 Å². The van der Waals surface area contributed by atoms with Crippen LogP contribution in [0.2, 0.25) is 0 Å². The van der Waals surface area contributed by atoms with Gasteiger partial charge in [-0.3, -0.25) is 4.79 Å². The minimum Gasteiger partial charge on any atom is -0.487 e. The van der Waals surface area contributed by atoms with Gasteiger partial charge in [0.15, 0.2) is 0 Å². The maximum Gasteiger partial charge on any atom is 0.412 e. The van der Waals surface area contributed by atoms with Crippen LogP contribution in [0.5, 0.6) is 11.5 Å². The topological polar surface area (TPSA) is 103 Å². The zero-order valence-corrected chi connectivity index (χ0v) is 29.6. The van der Waals surface area contributed by atoms with E-state index in [9.17, 15) is 9.59 Å². The van der Waals surface area contributed by atoms with Gasteiger partial charge >= 0.3 is 12.1 Å². The van der Waals surface area contributed by atoms with E-state index in [0.29, 0.717) is 32.1 Å². The molecule has 1 heterocycles. The van der Waals surface area contributed by atoms with Gasteiger partial charge in [-0.2, -0.15) is 0 Å². The van der Waals surface area contributed by atoms with E-state index in [-0.39, 0.29) is 18.6 Å². The first kappa shape index (κ1) is 38.9. The number of aliphatic carboxylic acids is 1. The highest BCUT2D eigenvalue weighted by atomic mass is 16.6. The van der Waals surface area contributed by atoms with Crippen LogP contribution in [-0.4, -0.2) is 55.7 Å². The molecule has 2 rings (SSSR count). The third-order valence-electron chi connectivity index (χ3n) is 9.38. The van der Waals surface area contributed by atoms with Crippen LogP contribution in [-0.2, 0) is 20.7 Å². The van der Waals surface area contributed by atoms with Crippen molar-refractivity contribution in [2.75, 3.05) is 33.0 Å². The van der Waals surface area contributed by atoms with E-state index in [1.54, 1.807) is 0 Å². The first-order valence-corrected chi connectivity index (χ1v) is 17.5. The Morgan fingerprint density at radius 1 is 0.844 bits per heavy atom. The number of hydrogen-bond acceptors (Lipinski definition) is 6. The Kier molecular flexibility index (Phi) is 17.3. The number of ether oxygens (including phenoxy) is 4. The average molecular weight is 634 g/mol. The molecule has 0 radical (unpaired) electrons. The predicted molar refractivity (Wildman–Crippen MR) is 181 cm³/mol. The second kappa shape index (κ2) is 20.0. The monoisotopic (exact) mass is 633 g/mol. The van der Waals surface area contributed by atoms with Gasteiger partial charge in [-0.05, 0) is 87.8 Å². The Labute approximate surface area is 273 Å². The highest BCUT2D eigenvalue weighted by Gasteiger charge is 2.34. The van der Waals surface area contributed by atoms with Gasteiger partial charge < -0.3 is 29.4 Å². The summed E-state index contributed by atoms with van der Waals surface area (Å²) in [6.07, 6.45) is 12.9. The highest BCUT2D eigenvalue weighted by molar-refractivity contribution is 5.73. The lowest BCUT2D eigenvalue weighted by molar-refractivity contribution is -0.138. The standard InChI is InChI=1S/C37H63NO7/c1-26(2)12-9-13-27(3)14-10-15-28(4)16-11-19-37(8)20-17-32-31(7)34(29(5)30(6)35(32)45-37)44-36(41)38-21-23-43-25-24-42-22-18-33(39)40/h26-28H,9-25H2,1-8H3,(H,38,41)(H,39,40)/t27-,28-,37-/m1/s1. The number of carboxylic acids is 1. The summed E-state index contributed by atoms with van der Waals surface area (Å²) >= 11 is 0. The molecule has 1 aliphatic heterocycles. The molecule has 258 valence electrons. The van der Waals surface area contributed by atoms with E-state index in [1.165, 1.54) is 51.4 Å². The van der Waals surface area contributed by atoms with Crippen molar-refractivity contribution in [3.63, 3.8) is 0 Å². The van der Waals surface area contributed by atoms with Crippen molar-refractivity contribution >= 4 is 12.1 Å². The smallest absolute Gasteiger partial charge is 0.412 e. The maximum atomic E-state index is 12.6. The third-order valence-corrected chi connectivity index (χ3v) is 9.38. The molecular weight excluding hydrogens is 570 g/mol. The van der Waals surface area contributed by atoms with Gasteiger partial charge in [0, 0.05) is 12.1 Å². The molecule has 0 bridgehead atoms. The molecule has 1 amide bonds. The summed E-state index contributed by atoms with van der Waals surface area (Å²) in [6.45, 7) is 19.2. The van der Waals surface area contributed by atoms with E-state index in [0.717, 1.165) is 65.0 Å². The number of carboxylic acid groups (broad SMARTS) is 1. The van der Waals surface area contributed by atoms with Crippen molar-refractivity contribution in [3.8, 4) is 11.5 Å². The molecule has 1 aromatic rings. The van der Waals surface area contributed by atoms with Crippen molar-refractivity contribution < 1.29 is 33.6 Å². The Morgan fingerprint density at radius 2 is 1.44 bits per heavy atom. The Balaban J connectivity index is 1.77. The molecule has 8 heteroatoms. The van der Waals surface area contributed by atoms with Crippen LogP contribution in [0.1, 0.15) is 128 Å². The lowest BCUT2D eigenvalue weighted by atomic mass is 9.83. The van der Waals surface area contributed by atoms with Gasteiger partial charge in [0.1, 0.15) is 17.1 Å². The number of nitrogens with one attached hydrogen (secondary N) is 1. The first-order valence-electron chi connectivity index (χ1n) is 17.5. The first-order chi connectivity index (χ1) is 21.3. The van der Waals surface area contributed by atoms with Crippen LogP contribution in [0.4, 0.5) is 4.79 Å². The molecule has 0 aromatic heterocycles. The molecule has 45 heavy (non-hydrogen) atoms. The maximum absolute atomic E-state index is 12.6. The molecule has 0 saturated carbocycles. The summed E-state index contributed by atoms with van der Waals surface area (Å²) in [5.41, 5.74) is 3.88.